The van der Waals surface area contributed by atoms with E-state index >= 15 is 0 Å². The highest BCUT2D eigenvalue weighted by molar-refractivity contribution is 6.40. The highest BCUT2D eigenvalue weighted by Gasteiger charge is 2.17. The maximum atomic E-state index is 11.5. The molecule has 0 aromatic carbocycles. The SMILES string of the molecule is CCOC(=O)C(=O)c1ccc(OC(C)C)nc1. The molecule has 0 saturated carbocycles. The number of aromatic nitrogens is 1. The number of ketones is 1. The molecule has 1 heterocycles. The Morgan fingerprint density at radius 2 is 2.06 bits per heavy atom. The summed E-state index contributed by atoms with van der Waals surface area (Å²) in [5, 5.41) is 0. The van der Waals surface area contributed by atoms with Crippen molar-refractivity contribution in [3.05, 3.63) is 23.9 Å². The maximum absolute atomic E-state index is 11.5. The van der Waals surface area contributed by atoms with Gasteiger partial charge in [-0.25, -0.2) is 9.78 Å². The van der Waals surface area contributed by atoms with E-state index in [1.54, 1.807) is 13.0 Å². The lowest BCUT2D eigenvalue weighted by molar-refractivity contribution is -0.137. The van der Waals surface area contributed by atoms with Crippen LogP contribution in [0.5, 0.6) is 5.88 Å². The third-order valence-electron chi connectivity index (χ3n) is 1.82. The van der Waals surface area contributed by atoms with Gasteiger partial charge in [-0.2, -0.15) is 0 Å². The van der Waals surface area contributed by atoms with E-state index in [0.717, 1.165) is 0 Å². The molecule has 1 aromatic rings. The molecule has 0 unspecified atom stereocenters. The fourth-order valence-corrected chi connectivity index (χ4v) is 1.14. The van der Waals surface area contributed by atoms with Crippen molar-refractivity contribution >= 4 is 11.8 Å². The van der Waals surface area contributed by atoms with E-state index in [0.29, 0.717) is 5.88 Å². The number of rotatable bonds is 5. The topological polar surface area (TPSA) is 65.5 Å². The number of ether oxygens (including phenoxy) is 2. The summed E-state index contributed by atoms with van der Waals surface area (Å²) in [6.45, 7) is 5.56. The molecule has 0 amide bonds. The van der Waals surface area contributed by atoms with Crippen LogP contribution < -0.4 is 4.74 Å². The highest BCUT2D eigenvalue weighted by atomic mass is 16.5. The molecule has 0 aliphatic carbocycles. The molecule has 0 bridgehead atoms. The number of esters is 1. The lowest BCUT2D eigenvalue weighted by atomic mass is 10.2. The van der Waals surface area contributed by atoms with Crippen LogP contribution in [0.1, 0.15) is 31.1 Å². The summed E-state index contributed by atoms with van der Waals surface area (Å²) in [6.07, 6.45) is 1.31. The number of hydrogen-bond acceptors (Lipinski definition) is 5. The molecule has 92 valence electrons. The van der Waals surface area contributed by atoms with Crippen molar-refractivity contribution in [2.75, 3.05) is 6.61 Å². The van der Waals surface area contributed by atoms with Gasteiger partial charge in [0.25, 0.3) is 5.78 Å². The molecule has 0 atom stereocenters. The predicted molar refractivity (Wildman–Crippen MR) is 61.0 cm³/mol. The van der Waals surface area contributed by atoms with E-state index in [1.165, 1.54) is 12.3 Å². The summed E-state index contributed by atoms with van der Waals surface area (Å²) in [5.74, 6) is -1.15. The number of carbonyl (C=O) groups excluding carboxylic acids is 2. The number of nitrogens with zero attached hydrogens (tertiary/aromatic N) is 1. The minimum atomic E-state index is -0.869. The van der Waals surface area contributed by atoms with Gasteiger partial charge in [-0.3, -0.25) is 4.79 Å². The molecule has 0 N–H and O–H groups in total. The lowest BCUT2D eigenvalue weighted by Crippen LogP contribution is -2.17. The van der Waals surface area contributed by atoms with E-state index in [4.69, 9.17) is 4.74 Å². The van der Waals surface area contributed by atoms with E-state index in [2.05, 4.69) is 9.72 Å². The van der Waals surface area contributed by atoms with E-state index in [1.807, 2.05) is 13.8 Å². The minimum Gasteiger partial charge on any atom is -0.475 e. The van der Waals surface area contributed by atoms with Crippen LogP contribution >= 0.6 is 0 Å². The second-order valence-electron chi connectivity index (χ2n) is 3.60. The molecular weight excluding hydrogens is 222 g/mol. The summed E-state index contributed by atoms with van der Waals surface area (Å²) >= 11 is 0. The summed E-state index contributed by atoms with van der Waals surface area (Å²) in [4.78, 5) is 26.6. The van der Waals surface area contributed by atoms with Crippen LogP contribution in [0.2, 0.25) is 0 Å². The van der Waals surface area contributed by atoms with Gasteiger partial charge in [0.05, 0.1) is 12.7 Å². The summed E-state index contributed by atoms with van der Waals surface area (Å²) in [5.41, 5.74) is 0.194. The lowest BCUT2D eigenvalue weighted by Gasteiger charge is -2.08. The Morgan fingerprint density at radius 1 is 1.35 bits per heavy atom. The Bertz CT molecular complexity index is 397. The van der Waals surface area contributed by atoms with Gasteiger partial charge >= 0.3 is 5.97 Å². The van der Waals surface area contributed by atoms with Crippen LogP contribution in [0.4, 0.5) is 0 Å². The van der Waals surface area contributed by atoms with Gasteiger partial charge in [-0.15, -0.1) is 0 Å². The fourth-order valence-electron chi connectivity index (χ4n) is 1.14. The normalized spacial score (nSPS) is 10.1. The Kier molecular flexibility index (Phi) is 4.63. The summed E-state index contributed by atoms with van der Waals surface area (Å²) in [7, 11) is 0. The standard InChI is InChI=1S/C12H15NO4/c1-4-16-12(15)11(14)9-5-6-10(13-7-9)17-8(2)3/h5-8H,4H2,1-3H3. The molecule has 0 saturated heterocycles. The number of pyridine rings is 1. The second kappa shape index (κ2) is 5.98. The quantitative estimate of drug-likeness (QED) is 0.442. The molecule has 0 spiro atoms. The highest BCUT2D eigenvalue weighted by Crippen LogP contribution is 2.10. The Morgan fingerprint density at radius 3 is 2.53 bits per heavy atom. The molecule has 0 aliphatic heterocycles. The van der Waals surface area contributed by atoms with Crippen molar-refractivity contribution < 1.29 is 19.1 Å². The van der Waals surface area contributed by atoms with Gasteiger partial charge in [0.2, 0.25) is 5.88 Å². The van der Waals surface area contributed by atoms with Crippen molar-refractivity contribution in [3.63, 3.8) is 0 Å². The number of Topliss-reactive ketones (excluding diaryl/α,β-unsaturated/α-hetero) is 1. The van der Waals surface area contributed by atoms with Gasteiger partial charge in [-0.05, 0) is 26.8 Å². The smallest absolute Gasteiger partial charge is 0.379 e. The van der Waals surface area contributed by atoms with Crippen LogP contribution in [0.15, 0.2) is 18.3 Å². The summed E-state index contributed by atoms with van der Waals surface area (Å²) < 4.78 is 9.92. The average molecular weight is 237 g/mol. The number of hydrogen-bond donors (Lipinski definition) is 0. The van der Waals surface area contributed by atoms with E-state index in [9.17, 15) is 9.59 Å². The molecule has 5 heteroatoms. The first-order valence-electron chi connectivity index (χ1n) is 5.38. The van der Waals surface area contributed by atoms with Crippen molar-refractivity contribution in [2.45, 2.75) is 26.9 Å². The zero-order valence-electron chi connectivity index (χ0n) is 10.1. The predicted octanol–water partition coefficient (Wildman–Crippen LogP) is 1.61. The van der Waals surface area contributed by atoms with Crippen LogP contribution in [0.3, 0.4) is 0 Å². The molecule has 0 radical (unpaired) electrons. The molecule has 0 fully saturated rings. The Hall–Kier alpha value is -1.91. The first kappa shape index (κ1) is 13.2. The molecular formula is C12H15NO4. The third kappa shape index (κ3) is 3.86. The van der Waals surface area contributed by atoms with E-state index in [-0.39, 0.29) is 18.3 Å². The second-order valence-corrected chi connectivity index (χ2v) is 3.60. The Balaban J connectivity index is 2.73. The fraction of sp³-hybridized carbons (Fsp3) is 0.417. The zero-order valence-corrected chi connectivity index (χ0v) is 10.1. The van der Waals surface area contributed by atoms with Gasteiger partial charge in [-0.1, -0.05) is 0 Å². The first-order chi connectivity index (χ1) is 8.04. The molecule has 1 rings (SSSR count). The van der Waals surface area contributed by atoms with Crippen molar-refractivity contribution in [2.24, 2.45) is 0 Å². The van der Waals surface area contributed by atoms with Gasteiger partial charge in [0, 0.05) is 17.8 Å². The molecule has 5 nitrogen and oxygen atoms in total. The van der Waals surface area contributed by atoms with Crippen molar-refractivity contribution in [1.82, 2.24) is 4.98 Å². The first-order valence-corrected chi connectivity index (χ1v) is 5.38. The molecule has 17 heavy (non-hydrogen) atoms. The van der Waals surface area contributed by atoms with Gasteiger partial charge in [0.15, 0.2) is 0 Å². The van der Waals surface area contributed by atoms with Gasteiger partial charge < -0.3 is 9.47 Å². The summed E-state index contributed by atoms with van der Waals surface area (Å²) in [6, 6.07) is 3.04. The maximum Gasteiger partial charge on any atom is 0.379 e. The minimum absolute atomic E-state index is 0.00843. The van der Waals surface area contributed by atoms with Gasteiger partial charge in [0.1, 0.15) is 0 Å². The van der Waals surface area contributed by atoms with Crippen LogP contribution in [-0.4, -0.2) is 29.4 Å². The van der Waals surface area contributed by atoms with Crippen LogP contribution in [0, 0.1) is 0 Å². The third-order valence-corrected chi connectivity index (χ3v) is 1.82. The molecule has 1 aromatic heterocycles. The average Bonchev–Trinajstić information content (AvgIpc) is 2.28. The van der Waals surface area contributed by atoms with Crippen molar-refractivity contribution in [1.29, 1.82) is 0 Å². The van der Waals surface area contributed by atoms with Crippen LogP contribution in [-0.2, 0) is 9.53 Å². The molecule has 0 aliphatic rings. The number of carbonyl (C=O) groups is 2. The largest absolute Gasteiger partial charge is 0.475 e. The zero-order chi connectivity index (χ0) is 12.8. The monoisotopic (exact) mass is 237 g/mol. The Labute approximate surface area is 99.8 Å². The van der Waals surface area contributed by atoms with E-state index < -0.39 is 11.8 Å². The van der Waals surface area contributed by atoms with Crippen molar-refractivity contribution in [3.8, 4) is 5.88 Å². The van der Waals surface area contributed by atoms with Crippen LogP contribution in [0.25, 0.3) is 0 Å².